The Hall–Kier alpha value is -2.25. The van der Waals surface area contributed by atoms with Crippen molar-refractivity contribution in [2.75, 3.05) is 6.54 Å². The fourth-order valence-electron chi connectivity index (χ4n) is 2.99. The molecule has 0 radical (unpaired) electrons. The molecule has 6 nitrogen and oxygen atoms in total. The number of aromatic nitrogens is 1. The van der Waals surface area contributed by atoms with E-state index in [0.29, 0.717) is 23.5 Å². The summed E-state index contributed by atoms with van der Waals surface area (Å²) in [5, 5.41) is 12.8. The van der Waals surface area contributed by atoms with Crippen LogP contribution in [0.2, 0.25) is 0 Å². The number of benzene rings is 1. The summed E-state index contributed by atoms with van der Waals surface area (Å²) in [7, 11) is 0. The van der Waals surface area contributed by atoms with Gasteiger partial charge in [0, 0.05) is 17.6 Å². The highest BCUT2D eigenvalue weighted by atomic mass is 32.2. The van der Waals surface area contributed by atoms with E-state index >= 15 is 0 Å². The Labute approximate surface area is 136 Å². The van der Waals surface area contributed by atoms with E-state index in [1.165, 1.54) is 0 Å². The van der Waals surface area contributed by atoms with Gasteiger partial charge in [0.1, 0.15) is 5.52 Å². The summed E-state index contributed by atoms with van der Waals surface area (Å²) in [6, 6.07) is 5.65. The molecule has 0 saturated carbocycles. The predicted molar refractivity (Wildman–Crippen MR) is 88.5 cm³/mol. The number of hydrogen-bond acceptors (Lipinski definition) is 6. The van der Waals surface area contributed by atoms with E-state index in [2.05, 4.69) is 10.3 Å². The van der Waals surface area contributed by atoms with Gasteiger partial charge in [0.2, 0.25) is 5.89 Å². The van der Waals surface area contributed by atoms with E-state index in [-0.39, 0.29) is 0 Å². The van der Waals surface area contributed by atoms with Crippen LogP contribution in [0.25, 0.3) is 16.7 Å². The molecule has 118 valence electrons. The molecule has 7 heteroatoms. The second-order valence-corrected chi connectivity index (χ2v) is 6.94. The Morgan fingerprint density at radius 1 is 1.52 bits per heavy atom. The number of nitrogens with one attached hydrogen (secondary N) is 1. The number of oxazole rings is 1. The van der Waals surface area contributed by atoms with Gasteiger partial charge in [-0.05, 0) is 30.5 Å². The molecule has 4 N–H and O–H groups in total. The van der Waals surface area contributed by atoms with Crippen molar-refractivity contribution in [3.05, 3.63) is 46.3 Å². The molecule has 1 atom stereocenters. The number of thioether (sulfide) groups is 1. The first-order chi connectivity index (χ1) is 11.0. The molecule has 0 spiro atoms. The summed E-state index contributed by atoms with van der Waals surface area (Å²) in [4.78, 5) is 15.6. The van der Waals surface area contributed by atoms with Crippen molar-refractivity contribution < 1.29 is 14.3 Å². The lowest BCUT2D eigenvalue weighted by molar-refractivity contribution is -0.138. The quantitative estimate of drug-likeness (QED) is 0.776. The van der Waals surface area contributed by atoms with Gasteiger partial charge >= 0.3 is 5.97 Å². The molecule has 23 heavy (non-hydrogen) atoms. The minimum absolute atomic E-state index is 0.298. The molecule has 1 unspecified atom stereocenters. The van der Waals surface area contributed by atoms with Gasteiger partial charge in [-0.1, -0.05) is 23.9 Å². The smallest absolute Gasteiger partial charge is 0.339 e. The number of carboxylic acid groups (broad SMARTS) is 1. The van der Waals surface area contributed by atoms with Crippen molar-refractivity contribution in [1.29, 1.82) is 0 Å². The number of rotatable bonds is 2. The van der Waals surface area contributed by atoms with Crippen LogP contribution in [0.3, 0.4) is 0 Å². The number of para-hydroxylation sites is 1. The third-order valence-electron chi connectivity index (χ3n) is 4.15. The van der Waals surface area contributed by atoms with Crippen LogP contribution >= 0.6 is 11.8 Å². The molecular weight excluding hydrogens is 314 g/mol. The highest BCUT2D eigenvalue weighted by molar-refractivity contribution is 8.06. The van der Waals surface area contributed by atoms with Crippen LogP contribution in [0, 0.1) is 6.92 Å². The van der Waals surface area contributed by atoms with Gasteiger partial charge in [-0.2, -0.15) is 0 Å². The van der Waals surface area contributed by atoms with Crippen LogP contribution < -0.4 is 11.1 Å². The van der Waals surface area contributed by atoms with Crippen LogP contribution in [0.15, 0.2) is 39.3 Å². The van der Waals surface area contributed by atoms with Gasteiger partial charge in [0.05, 0.1) is 5.57 Å². The van der Waals surface area contributed by atoms with Crippen molar-refractivity contribution in [2.45, 2.75) is 18.2 Å². The average Bonchev–Trinajstić information content (AvgIpc) is 3.06. The number of nitrogens with two attached hydrogens (primary N) is 1. The summed E-state index contributed by atoms with van der Waals surface area (Å²) in [6.07, 6.45) is 2.51. The second-order valence-electron chi connectivity index (χ2n) is 5.65. The zero-order valence-corrected chi connectivity index (χ0v) is 13.2. The summed E-state index contributed by atoms with van der Waals surface area (Å²) >= 11 is 1.12. The average molecular weight is 329 g/mol. The van der Waals surface area contributed by atoms with Crippen molar-refractivity contribution in [2.24, 2.45) is 5.73 Å². The highest BCUT2D eigenvalue weighted by Crippen LogP contribution is 2.53. The van der Waals surface area contributed by atoms with E-state index in [9.17, 15) is 9.90 Å². The Bertz CT molecular complexity index is 899. The molecule has 4 rings (SSSR count). The van der Waals surface area contributed by atoms with Crippen LogP contribution in [0.5, 0.6) is 0 Å². The molecule has 1 aromatic carbocycles. The lowest BCUT2D eigenvalue weighted by Crippen LogP contribution is -2.44. The molecule has 0 fully saturated rings. The number of carbonyl (C=O) groups is 1. The second kappa shape index (κ2) is 4.87. The maximum Gasteiger partial charge on any atom is 0.339 e. The van der Waals surface area contributed by atoms with Crippen molar-refractivity contribution in [1.82, 2.24) is 10.3 Å². The maximum atomic E-state index is 11.8. The van der Waals surface area contributed by atoms with Gasteiger partial charge in [-0.15, -0.1) is 0 Å². The first-order valence-corrected chi connectivity index (χ1v) is 8.08. The Kier molecular flexibility index (Phi) is 3.04. The third kappa shape index (κ3) is 2.00. The molecule has 0 aliphatic carbocycles. The van der Waals surface area contributed by atoms with E-state index in [1.807, 2.05) is 31.3 Å². The molecular formula is C16H15N3O3S. The van der Waals surface area contributed by atoms with Crippen LogP contribution in [0.4, 0.5) is 0 Å². The normalized spacial score (nSPS) is 23.7. The molecule has 0 saturated heterocycles. The topological polar surface area (TPSA) is 101 Å². The lowest BCUT2D eigenvalue weighted by atomic mass is 9.97. The largest absolute Gasteiger partial charge is 0.479 e. The fourth-order valence-corrected chi connectivity index (χ4v) is 4.21. The number of fused-ring (bicyclic) bond motifs is 2. The lowest BCUT2D eigenvalue weighted by Gasteiger charge is -2.19. The van der Waals surface area contributed by atoms with Gasteiger partial charge in [-0.25, -0.2) is 9.78 Å². The number of aryl methyl sites for hydroxylation is 1. The first-order valence-electron chi connectivity index (χ1n) is 7.26. The summed E-state index contributed by atoms with van der Waals surface area (Å²) < 4.78 is 5.85. The standard InChI is InChI=1S/C16H15N3O3S/c1-8-3-2-4-10-13(8)19-14(22-10)12-9-5-6-18-7-11(9)23-16(12,17)15(20)21/h2-4,7,18H,5-6,17H2,1H3,(H,20,21). The third-order valence-corrected chi connectivity index (χ3v) is 5.43. The number of hydrogen-bond donors (Lipinski definition) is 3. The SMILES string of the molecule is Cc1cccc2oc(C3=C4CCNC=C4SC3(N)C(=O)O)nc12. The number of carboxylic acids is 1. The molecule has 1 aromatic heterocycles. The Balaban J connectivity index is 1.98. The van der Waals surface area contributed by atoms with E-state index in [0.717, 1.165) is 39.9 Å². The van der Waals surface area contributed by atoms with Gasteiger partial charge in [0.25, 0.3) is 0 Å². The maximum absolute atomic E-state index is 11.8. The van der Waals surface area contributed by atoms with Crippen molar-refractivity contribution in [3.8, 4) is 0 Å². The highest BCUT2D eigenvalue weighted by Gasteiger charge is 2.50. The number of aliphatic carboxylic acids is 1. The van der Waals surface area contributed by atoms with Gasteiger partial charge < -0.3 is 20.6 Å². The number of allylic oxidation sites excluding steroid dienone is 1. The van der Waals surface area contributed by atoms with Crippen molar-refractivity contribution in [3.63, 3.8) is 0 Å². The summed E-state index contributed by atoms with van der Waals surface area (Å²) in [6.45, 7) is 2.68. The van der Waals surface area contributed by atoms with Crippen LogP contribution in [-0.2, 0) is 4.79 Å². The zero-order chi connectivity index (χ0) is 16.2. The fraction of sp³-hybridized carbons (Fsp3) is 0.250. The minimum Gasteiger partial charge on any atom is -0.479 e. The number of nitrogens with zero attached hydrogens (tertiary/aromatic N) is 1. The molecule has 0 amide bonds. The van der Waals surface area contributed by atoms with E-state index in [1.54, 1.807) is 0 Å². The first kappa shape index (κ1) is 14.3. The van der Waals surface area contributed by atoms with Crippen LogP contribution in [-0.4, -0.2) is 27.5 Å². The van der Waals surface area contributed by atoms with Gasteiger partial charge in [0.15, 0.2) is 10.5 Å². The zero-order valence-electron chi connectivity index (χ0n) is 12.4. The van der Waals surface area contributed by atoms with E-state index in [4.69, 9.17) is 10.2 Å². The van der Waals surface area contributed by atoms with Crippen LogP contribution in [0.1, 0.15) is 17.9 Å². The summed E-state index contributed by atoms with van der Waals surface area (Å²) in [5.74, 6) is -0.800. The molecule has 0 bridgehead atoms. The molecule has 3 heterocycles. The van der Waals surface area contributed by atoms with Crippen molar-refractivity contribution >= 4 is 34.4 Å². The summed E-state index contributed by atoms with van der Waals surface area (Å²) in [5.41, 5.74) is 9.96. The predicted octanol–water partition coefficient (Wildman–Crippen LogP) is 2.21. The minimum atomic E-state index is -1.58. The molecule has 2 aliphatic heterocycles. The monoisotopic (exact) mass is 329 g/mol. The van der Waals surface area contributed by atoms with E-state index < -0.39 is 10.8 Å². The molecule has 2 aliphatic rings. The van der Waals surface area contributed by atoms with Gasteiger partial charge in [-0.3, -0.25) is 0 Å². The Morgan fingerprint density at radius 3 is 3.09 bits per heavy atom. The molecule has 2 aromatic rings. The Morgan fingerprint density at radius 2 is 2.35 bits per heavy atom.